The highest BCUT2D eigenvalue weighted by molar-refractivity contribution is 6.01. The van der Waals surface area contributed by atoms with Crippen LogP contribution in [-0.4, -0.2) is 35.3 Å². The van der Waals surface area contributed by atoms with Crippen molar-refractivity contribution in [3.8, 4) is 11.6 Å². The summed E-state index contributed by atoms with van der Waals surface area (Å²) < 4.78 is 11.0. The Morgan fingerprint density at radius 3 is 2.57 bits per heavy atom. The number of carbonyl (C=O) groups is 2. The lowest BCUT2D eigenvalue weighted by Gasteiger charge is -2.26. The number of hydrogen-bond acceptors (Lipinski definition) is 6. The lowest BCUT2D eigenvalue weighted by atomic mass is 9.87. The maximum atomic E-state index is 12.3. The molecule has 1 aliphatic carbocycles. The zero-order valence-corrected chi connectivity index (χ0v) is 16.0. The van der Waals surface area contributed by atoms with Crippen LogP contribution in [0.1, 0.15) is 31.2 Å². The van der Waals surface area contributed by atoms with E-state index < -0.39 is 6.03 Å². The normalized spacial score (nSPS) is 18.9. The van der Waals surface area contributed by atoms with Crippen LogP contribution in [0.4, 0.5) is 10.5 Å². The zero-order valence-electron chi connectivity index (χ0n) is 16.0. The van der Waals surface area contributed by atoms with Gasteiger partial charge in [-0.1, -0.05) is 0 Å². The molecule has 0 spiro atoms. The number of benzene rings is 1. The molecular weight excluding hydrogens is 360 g/mol. The van der Waals surface area contributed by atoms with Crippen molar-refractivity contribution in [1.29, 1.82) is 0 Å². The minimum atomic E-state index is -0.541. The molecular formula is C20H24N4O4. The van der Waals surface area contributed by atoms with E-state index in [9.17, 15) is 9.59 Å². The van der Waals surface area contributed by atoms with Crippen molar-refractivity contribution in [2.45, 2.75) is 38.7 Å². The minimum Gasteiger partial charge on any atom is -0.437 e. The first-order valence-corrected chi connectivity index (χ1v) is 9.26. The van der Waals surface area contributed by atoms with Crippen LogP contribution in [0.15, 0.2) is 36.5 Å². The number of nitrogens with one attached hydrogen (secondary N) is 2. The molecule has 1 aromatic carbocycles. The molecule has 1 aliphatic rings. The fourth-order valence-corrected chi connectivity index (χ4v) is 3.23. The van der Waals surface area contributed by atoms with E-state index in [1.165, 1.54) is 0 Å². The van der Waals surface area contributed by atoms with Crippen molar-refractivity contribution in [3.63, 3.8) is 0 Å². The molecule has 148 valence electrons. The zero-order chi connectivity index (χ0) is 19.9. The van der Waals surface area contributed by atoms with Crippen molar-refractivity contribution in [3.05, 3.63) is 42.1 Å². The van der Waals surface area contributed by atoms with Gasteiger partial charge in [0.1, 0.15) is 5.75 Å². The Morgan fingerprint density at radius 1 is 1.14 bits per heavy atom. The van der Waals surface area contributed by atoms with E-state index in [4.69, 9.17) is 9.47 Å². The maximum absolute atomic E-state index is 12.3. The monoisotopic (exact) mass is 384 g/mol. The third-order valence-electron chi connectivity index (χ3n) is 4.81. The molecule has 0 radical (unpaired) electrons. The third kappa shape index (κ3) is 5.26. The average Bonchev–Trinajstić information content (AvgIpc) is 2.71. The molecule has 3 rings (SSSR count). The number of aromatic nitrogens is 2. The lowest BCUT2D eigenvalue weighted by Crippen LogP contribution is -2.40. The highest BCUT2D eigenvalue weighted by Gasteiger charge is 2.27. The second-order valence-corrected chi connectivity index (χ2v) is 6.80. The van der Waals surface area contributed by atoms with Crippen LogP contribution in [0.5, 0.6) is 11.6 Å². The molecule has 0 unspecified atom stereocenters. The van der Waals surface area contributed by atoms with Crippen LogP contribution in [0.2, 0.25) is 0 Å². The van der Waals surface area contributed by atoms with E-state index in [0.717, 1.165) is 31.2 Å². The first-order valence-electron chi connectivity index (χ1n) is 9.26. The lowest BCUT2D eigenvalue weighted by molar-refractivity contribution is -0.125. The predicted octanol–water partition coefficient (Wildman–Crippen LogP) is 3.43. The quantitative estimate of drug-likeness (QED) is 0.819. The van der Waals surface area contributed by atoms with Crippen molar-refractivity contribution >= 4 is 17.6 Å². The number of imide groups is 1. The van der Waals surface area contributed by atoms with Gasteiger partial charge in [0.15, 0.2) is 0 Å². The molecule has 1 heterocycles. The highest BCUT2D eigenvalue weighted by atomic mass is 16.5. The Morgan fingerprint density at radius 2 is 1.93 bits per heavy atom. The second kappa shape index (κ2) is 9.27. The summed E-state index contributed by atoms with van der Waals surface area (Å²) in [5.41, 5.74) is 1.38. The van der Waals surface area contributed by atoms with Crippen LogP contribution in [0, 0.1) is 12.8 Å². The predicted molar refractivity (Wildman–Crippen MR) is 103 cm³/mol. The molecule has 0 saturated heterocycles. The van der Waals surface area contributed by atoms with Crippen LogP contribution in [0.3, 0.4) is 0 Å². The summed E-state index contributed by atoms with van der Waals surface area (Å²) >= 11 is 0. The Labute approximate surface area is 163 Å². The minimum absolute atomic E-state index is 0.151. The molecule has 2 aromatic rings. The molecule has 2 N–H and O–H groups in total. The number of ether oxygens (including phenoxy) is 2. The van der Waals surface area contributed by atoms with Gasteiger partial charge in [-0.05, 0) is 62.4 Å². The number of anilines is 1. The van der Waals surface area contributed by atoms with E-state index in [0.29, 0.717) is 17.3 Å². The van der Waals surface area contributed by atoms with E-state index in [1.807, 2.05) is 6.92 Å². The largest absolute Gasteiger partial charge is 0.437 e. The van der Waals surface area contributed by atoms with Gasteiger partial charge in [0.2, 0.25) is 11.8 Å². The summed E-state index contributed by atoms with van der Waals surface area (Å²) in [6, 6.07) is 8.09. The van der Waals surface area contributed by atoms with E-state index in [1.54, 1.807) is 43.6 Å². The van der Waals surface area contributed by atoms with Gasteiger partial charge in [0.05, 0.1) is 6.10 Å². The van der Waals surface area contributed by atoms with Gasteiger partial charge in [-0.15, -0.1) is 5.10 Å². The van der Waals surface area contributed by atoms with Gasteiger partial charge in [-0.3, -0.25) is 10.1 Å². The van der Waals surface area contributed by atoms with E-state index in [2.05, 4.69) is 20.8 Å². The summed E-state index contributed by atoms with van der Waals surface area (Å²) in [5, 5.41) is 12.7. The Balaban J connectivity index is 1.52. The van der Waals surface area contributed by atoms with Gasteiger partial charge in [0, 0.05) is 31.0 Å². The fourth-order valence-electron chi connectivity index (χ4n) is 3.23. The van der Waals surface area contributed by atoms with Gasteiger partial charge in [0.25, 0.3) is 0 Å². The number of aryl methyl sites for hydroxylation is 1. The molecule has 3 amide bonds. The molecule has 1 fully saturated rings. The van der Waals surface area contributed by atoms with Gasteiger partial charge >= 0.3 is 6.03 Å². The Kier molecular flexibility index (Phi) is 6.54. The van der Waals surface area contributed by atoms with Crippen LogP contribution in [-0.2, 0) is 9.53 Å². The number of methoxy groups -OCH3 is 1. The SMILES string of the molecule is COC1CCC(C(=O)NC(=O)Nc2ccc(Oc3cccnn3)c(C)c2)CC1. The van der Waals surface area contributed by atoms with Gasteiger partial charge in [-0.25, -0.2) is 4.79 Å². The number of nitrogens with zero attached hydrogens (tertiary/aromatic N) is 2. The Bertz CT molecular complexity index is 820. The number of amides is 3. The fraction of sp³-hybridized carbons (Fsp3) is 0.400. The van der Waals surface area contributed by atoms with Crippen molar-refractivity contribution in [2.75, 3.05) is 12.4 Å². The number of urea groups is 1. The number of hydrogen-bond donors (Lipinski definition) is 2. The summed E-state index contributed by atoms with van der Waals surface area (Å²) in [4.78, 5) is 24.4. The molecule has 1 saturated carbocycles. The molecule has 0 bridgehead atoms. The van der Waals surface area contributed by atoms with Gasteiger partial charge in [-0.2, -0.15) is 5.10 Å². The molecule has 8 heteroatoms. The van der Waals surface area contributed by atoms with Gasteiger partial charge < -0.3 is 14.8 Å². The standard InChI is InChI=1S/C20H24N4O4/c1-13-12-15(7-10-17(13)28-18-4-3-11-21-24-18)22-20(26)23-19(25)14-5-8-16(27-2)9-6-14/h3-4,7,10-12,14,16H,5-6,8-9H2,1-2H3,(H2,22,23,25,26). The molecule has 1 aromatic heterocycles. The number of carbonyl (C=O) groups excluding carboxylic acids is 2. The van der Waals surface area contributed by atoms with Crippen molar-refractivity contribution < 1.29 is 19.1 Å². The average molecular weight is 384 g/mol. The first kappa shape index (κ1) is 19.8. The molecule has 8 nitrogen and oxygen atoms in total. The van der Waals surface area contributed by atoms with E-state index in [-0.39, 0.29) is 17.9 Å². The Hall–Kier alpha value is -3.00. The maximum Gasteiger partial charge on any atom is 0.325 e. The number of rotatable bonds is 5. The van der Waals surface area contributed by atoms with E-state index >= 15 is 0 Å². The highest BCUT2D eigenvalue weighted by Crippen LogP contribution is 2.27. The molecule has 0 atom stereocenters. The smallest absolute Gasteiger partial charge is 0.325 e. The topological polar surface area (TPSA) is 102 Å². The third-order valence-corrected chi connectivity index (χ3v) is 4.81. The van der Waals surface area contributed by atoms with Crippen LogP contribution in [0.25, 0.3) is 0 Å². The second-order valence-electron chi connectivity index (χ2n) is 6.80. The van der Waals surface area contributed by atoms with Crippen molar-refractivity contribution in [1.82, 2.24) is 15.5 Å². The summed E-state index contributed by atoms with van der Waals surface area (Å²) in [5.74, 6) is 0.600. The van der Waals surface area contributed by atoms with Crippen LogP contribution < -0.4 is 15.4 Å². The molecule has 0 aliphatic heterocycles. The molecule has 28 heavy (non-hydrogen) atoms. The summed E-state index contributed by atoms with van der Waals surface area (Å²) in [7, 11) is 1.68. The summed E-state index contributed by atoms with van der Waals surface area (Å²) in [6.45, 7) is 1.86. The summed E-state index contributed by atoms with van der Waals surface area (Å²) in [6.07, 6.45) is 4.90. The first-order chi connectivity index (χ1) is 13.5. The van der Waals surface area contributed by atoms with Crippen molar-refractivity contribution in [2.24, 2.45) is 5.92 Å². The van der Waals surface area contributed by atoms with Crippen LogP contribution >= 0.6 is 0 Å².